The predicted molar refractivity (Wildman–Crippen MR) is 215 cm³/mol. The zero-order valence-corrected chi connectivity index (χ0v) is 31.4. The summed E-state index contributed by atoms with van der Waals surface area (Å²) in [7, 11) is 2.55. The van der Waals surface area contributed by atoms with Crippen LogP contribution in [0.15, 0.2) is 84.9 Å². The van der Waals surface area contributed by atoms with Crippen LogP contribution >= 0.6 is 0 Å². The molecule has 1 saturated carbocycles. The summed E-state index contributed by atoms with van der Waals surface area (Å²) >= 11 is 0. The normalized spacial score (nSPS) is 22.4. The minimum Gasteiger partial charge on any atom is -0.355 e. The van der Waals surface area contributed by atoms with Crippen LogP contribution in [0.4, 0.5) is 22.7 Å². The van der Waals surface area contributed by atoms with Gasteiger partial charge in [-0.05, 0) is 107 Å². The molecule has 50 heavy (non-hydrogen) atoms. The number of aryl methyl sites for hydroxylation is 2. The summed E-state index contributed by atoms with van der Waals surface area (Å²) < 4.78 is 0. The first kappa shape index (κ1) is 31.7. The van der Waals surface area contributed by atoms with E-state index >= 15 is 0 Å². The van der Waals surface area contributed by atoms with Crippen molar-refractivity contribution in [3.8, 4) is 22.3 Å². The fourth-order valence-electron chi connectivity index (χ4n) is 10.4. The van der Waals surface area contributed by atoms with E-state index in [0.29, 0.717) is 0 Å². The number of para-hydroxylation sites is 2. The molecule has 1 aliphatic carbocycles. The summed E-state index contributed by atoms with van der Waals surface area (Å²) in [6.07, 6.45) is 4.98. The molecule has 0 spiro atoms. The molecule has 0 amide bonds. The first-order chi connectivity index (χ1) is 23.7. The summed E-state index contributed by atoms with van der Waals surface area (Å²) in [4.78, 5) is 2.83. The highest BCUT2D eigenvalue weighted by Crippen LogP contribution is 2.62. The maximum absolute atomic E-state index is 3.97. The van der Waals surface area contributed by atoms with E-state index in [0.717, 1.165) is 0 Å². The Hall–Kier alpha value is -4.24. The van der Waals surface area contributed by atoms with E-state index in [4.69, 9.17) is 0 Å². The third-order valence-corrected chi connectivity index (χ3v) is 13.5. The fourth-order valence-corrected chi connectivity index (χ4v) is 10.4. The van der Waals surface area contributed by atoms with E-state index in [9.17, 15) is 0 Å². The molecule has 4 aliphatic rings. The van der Waals surface area contributed by atoms with E-state index < -0.39 is 0 Å². The molecule has 0 bridgehead atoms. The number of anilines is 4. The van der Waals surface area contributed by atoms with Crippen LogP contribution in [0.1, 0.15) is 108 Å². The molecule has 3 heterocycles. The Morgan fingerprint density at radius 1 is 0.720 bits per heavy atom. The number of fused-ring (bicyclic) bond motifs is 7. The summed E-state index contributed by atoms with van der Waals surface area (Å²) in [5, 5.41) is 3.97. The van der Waals surface area contributed by atoms with Gasteiger partial charge >= 0.3 is 0 Å². The second-order valence-corrected chi connectivity index (χ2v) is 17.8. The third-order valence-electron chi connectivity index (χ3n) is 13.5. The van der Waals surface area contributed by atoms with Crippen molar-refractivity contribution in [2.75, 3.05) is 10.2 Å². The quantitative estimate of drug-likeness (QED) is 0.191. The Balaban J connectivity index is 1.38. The molecule has 2 atom stereocenters. The van der Waals surface area contributed by atoms with Crippen LogP contribution in [0.5, 0.6) is 0 Å². The molecule has 2 unspecified atom stereocenters. The molecular weight excluding hydrogens is 603 g/mol. The molecule has 1 radical (unpaired) electrons. The van der Waals surface area contributed by atoms with Gasteiger partial charge in [0.15, 0.2) is 7.28 Å². The number of hydrogen-bond donors (Lipinski definition) is 1. The Morgan fingerprint density at radius 2 is 1.42 bits per heavy atom. The van der Waals surface area contributed by atoms with Crippen molar-refractivity contribution in [2.24, 2.45) is 0 Å². The fraction of sp³-hybridized carbons (Fsp3) is 0.362. The van der Waals surface area contributed by atoms with Gasteiger partial charge in [-0.1, -0.05) is 132 Å². The van der Waals surface area contributed by atoms with Crippen LogP contribution in [0.2, 0.25) is 0 Å². The van der Waals surface area contributed by atoms with Gasteiger partial charge in [-0.25, -0.2) is 0 Å². The molecule has 1 N–H and O–H groups in total. The minimum atomic E-state index is -0.128. The average Bonchev–Trinajstić information content (AvgIpc) is 3.28. The Kier molecular flexibility index (Phi) is 6.60. The Bertz CT molecular complexity index is 2230. The highest BCUT2D eigenvalue weighted by atomic mass is 15.3. The van der Waals surface area contributed by atoms with E-state index in [1.807, 2.05) is 0 Å². The number of nitrogens with zero attached hydrogens (tertiary/aromatic N) is 1. The number of benzene rings is 5. The van der Waals surface area contributed by atoms with E-state index in [1.54, 1.807) is 5.56 Å². The third kappa shape index (κ3) is 4.16. The second-order valence-electron chi connectivity index (χ2n) is 17.8. The lowest BCUT2D eigenvalue weighted by Gasteiger charge is -2.51. The van der Waals surface area contributed by atoms with Gasteiger partial charge in [-0.2, -0.15) is 0 Å². The van der Waals surface area contributed by atoms with Crippen molar-refractivity contribution >= 4 is 41.0 Å². The molecule has 9 rings (SSSR count). The van der Waals surface area contributed by atoms with Crippen molar-refractivity contribution in [1.82, 2.24) is 0 Å². The van der Waals surface area contributed by atoms with Gasteiger partial charge in [-0.3, -0.25) is 0 Å². The molecule has 5 aromatic carbocycles. The van der Waals surface area contributed by atoms with Crippen LogP contribution in [-0.4, -0.2) is 12.8 Å². The van der Waals surface area contributed by atoms with Crippen molar-refractivity contribution in [3.05, 3.63) is 118 Å². The molecule has 251 valence electrons. The SMILES string of the molecule is Cc1cccc(C)c1-c1cc(-c2cccc3c2Nc2ccccc2C3(C)C)c2c(c1)N1c3c(cc(C(C)(C)C)cc3C3(C)CCCCC13C)[B]2. The molecule has 2 nitrogen and oxygen atoms in total. The molecule has 0 saturated heterocycles. The second kappa shape index (κ2) is 10.4. The zero-order chi connectivity index (χ0) is 35.0. The molecule has 5 aromatic rings. The predicted octanol–water partition coefficient (Wildman–Crippen LogP) is 11.0. The topological polar surface area (TPSA) is 15.3 Å². The van der Waals surface area contributed by atoms with Crippen molar-refractivity contribution in [1.29, 1.82) is 0 Å². The maximum Gasteiger partial charge on any atom is 0.197 e. The molecule has 1 fully saturated rings. The van der Waals surface area contributed by atoms with Gasteiger partial charge < -0.3 is 10.2 Å². The zero-order valence-electron chi connectivity index (χ0n) is 31.4. The van der Waals surface area contributed by atoms with E-state index in [-0.39, 0.29) is 21.8 Å². The van der Waals surface area contributed by atoms with Gasteiger partial charge in [-0.15, -0.1) is 0 Å². The number of nitrogens with one attached hydrogen (secondary N) is 1. The molecular formula is C47H50BN2. The standard InChI is InChI=1S/C47H50BN2/c1-28-16-14-17-29(2)40(28)30-24-33(32-18-15-20-35-42(32)49-38-21-11-10-19-34(38)45(35,6)7)41-39(25-30)50-43-36(46(8)22-12-13-23-47(46,50)9)26-31(44(3,4)5)27-37(43)48-41/h10-11,14-21,24-27,49H,12-13,22-23H2,1-9H3. The Labute approximate surface area is 300 Å². The number of rotatable bonds is 2. The van der Waals surface area contributed by atoms with Crippen molar-refractivity contribution < 1.29 is 0 Å². The van der Waals surface area contributed by atoms with Gasteiger partial charge in [0.05, 0.1) is 11.2 Å². The molecule has 3 heteroatoms. The Morgan fingerprint density at radius 3 is 2.18 bits per heavy atom. The lowest BCUT2D eigenvalue weighted by molar-refractivity contribution is 0.195. The van der Waals surface area contributed by atoms with E-state index in [2.05, 4.69) is 165 Å². The first-order valence-corrected chi connectivity index (χ1v) is 18.8. The van der Waals surface area contributed by atoms with Crippen molar-refractivity contribution in [3.63, 3.8) is 0 Å². The lowest BCUT2D eigenvalue weighted by atomic mass is 9.57. The van der Waals surface area contributed by atoms with Gasteiger partial charge in [0, 0.05) is 33.5 Å². The van der Waals surface area contributed by atoms with Crippen LogP contribution in [0, 0.1) is 13.8 Å². The summed E-state index contributed by atoms with van der Waals surface area (Å²) in [5.41, 5.74) is 21.5. The van der Waals surface area contributed by atoms with E-state index in [1.165, 1.54) is 109 Å². The summed E-state index contributed by atoms with van der Waals surface area (Å²) in [6, 6.07) is 32.7. The molecule has 0 aromatic heterocycles. The van der Waals surface area contributed by atoms with Crippen LogP contribution in [0.3, 0.4) is 0 Å². The monoisotopic (exact) mass is 653 g/mol. The lowest BCUT2D eigenvalue weighted by Crippen LogP contribution is -2.57. The maximum atomic E-state index is 3.97. The summed E-state index contributed by atoms with van der Waals surface area (Å²) in [6.45, 7) is 21.6. The van der Waals surface area contributed by atoms with Crippen LogP contribution in [-0.2, 0) is 16.2 Å². The first-order valence-electron chi connectivity index (χ1n) is 18.8. The van der Waals surface area contributed by atoms with Gasteiger partial charge in [0.25, 0.3) is 0 Å². The van der Waals surface area contributed by atoms with Gasteiger partial charge in [0.2, 0.25) is 0 Å². The smallest absolute Gasteiger partial charge is 0.197 e. The highest BCUT2D eigenvalue weighted by Gasteiger charge is 2.59. The van der Waals surface area contributed by atoms with Crippen LogP contribution < -0.4 is 21.1 Å². The molecule has 3 aliphatic heterocycles. The largest absolute Gasteiger partial charge is 0.355 e. The summed E-state index contributed by atoms with van der Waals surface area (Å²) in [5.74, 6) is 0. The van der Waals surface area contributed by atoms with Crippen LogP contribution in [0.25, 0.3) is 22.3 Å². The van der Waals surface area contributed by atoms with Gasteiger partial charge in [0.1, 0.15) is 0 Å². The van der Waals surface area contributed by atoms with Crippen molar-refractivity contribution in [2.45, 2.75) is 110 Å². The average molecular weight is 654 g/mol. The number of hydrogen-bond acceptors (Lipinski definition) is 2. The minimum absolute atomic E-state index is 0.0200. The highest BCUT2D eigenvalue weighted by molar-refractivity contribution is 6.73.